The van der Waals surface area contributed by atoms with Crippen LogP contribution in [-0.2, 0) is 14.8 Å². The Bertz CT molecular complexity index is 1180. The van der Waals surface area contributed by atoms with E-state index < -0.39 is 15.9 Å². The smallest absolute Gasteiger partial charge is 0.264 e. The summed E-state index contributed by atoms with van der Waals surface area (Å²) in [6.07, 6.45) is 0. The van der Waals surface area contributed by atoms with Gasteiger partial charge in [0.15, 0.2) is 0 Å². The van der Waals surface area contributed by atoms with Crippen molar-refractivity contribution in [2.24, 2.45) is 0 Å². The zero-order chi connectivity index (χ0) is 21.9. The van der Waals surface area contributed by atoms with Crippen molar-refractivity contribution in [3.05, 3.63) is 88.4 Å². The van der Waals surface area contributed by atoms with E-state index in [1.807, 2.05) is 19.9 Å². The summed E-state index contributed by atoms with van der Waals surface area (Å²) >= 11 is 6.13. The van der Waals surface area contributed by atoms with E-state index >= 15 is 0 Å². The molecule has 0 fully saturated rings. The standard InChI is InChI=1S/C23H23ClN2O3S/c1-16-12-13-19(14-17(16)2)26(30(28,29)20-8-5-4-6-9-20)15-23(27)25-22-11-7-10-21(24)18(22)3/h4-14H,15H2,1-3H3,(H,25,27). The first-order valence-corrected chi connectivity index (χ1v) is 11.2. The maximum atomic E-state index is 13.4. The van der Waals surface area contributed by atoms with Gasteiger partial charge in [0.1, 0.15) is 6.54 Å². The van der Waals surface area contributed by atoms with Crippen LogP contribution in [0, 0.1) is 20.8 Å². The SMILES string of the molecule is Cc1ccc(N(CC(=O)Nc2cccc(Cl)c2C)S(=O)(=O)c2ccccc2)cc1C. The first kappa shape index (κ1) is 21.9. The second kappa shape index (κ2) is 8.90. The van der Waals surface area contributed by atoms with Crippen LogP contribution < -0.4 is 9.62 Å². The zero-order valence-electron chi connectivity index (χ0n) is 17.0. The van der Waals surface area contributed by atoms with Gasteiger partial charge >= 0.3 is 0 Å². The van der Waals surface area contributed by atoms with Crippen molar-refractivity contribution in [3.63, 3.8) is 0 Å². The van der Waals surface area contributed by atoms with Gasteiger partial charge in [-0.3, -0.25) is 9.10 Å². The molecular weight excluding hydrogens is 420 g/mol. The molecule has 0 saturated carbocycles. The second-order valence-corrected chi connectivity index (χ2v) is 9.32. The lowest BCUT2D eigenvalue weighted by atomic mass is 10.1. The number of halogens is 1. The van der Waals surface area contributed by atoms with Crippen molar-refractivity contribution < 1.29 is 13.2 Å². The Morgan fingerprint density at radius 1 is 0.933 bits per heavy atom. The van der Waals surface area contributed by atoms with Crippen LogP contribution in [0.1, 0.15) is 16.7 Å². The van der Waals surface area contributed by atoms with Crippen molar-refractivity contribution in [1.29, 1.82) is 0 Å². The van der Waals surface area contributed by atoms with E-state index in [0.717, 1.165) is 21.0 Å². The molecule has 3 aromatic carbocycles. The minimum absolute atomic E-state index is 0.120. The Morgan fingerprint density at radius 3 is 2.30 bits per heavy atom. The number of hydrogen-bond donors (Lipinski definition) is 1. The number of carbonyl (C=O) groups excluding carboxylic acids is 1. The number of nitrogens with zero attached hydrogens (tertiary/aromatic N) is 1. The van der Waals surface area contributed by atoms with E-state index in [1.54, 1.807) is 55.5 Å². The molecule has 0 radical (unpaired) electrons. The molecule has 0 heterocycles. The minimum atomic E-state index is -3.94. The summed E-state index contributed by atoms with van der Waals surface area (Å²) in [7, 11) is -3.94. The molecule has 0 aliphatic carbocycles. The van der Waals surface area contributed by atoms with E-state index in [9.17, 15) is 13.2 Å². The van der Waals surface area contributed by atoms with Crippen molar-refractivity contribution in [2.45, 2.75) is 25.7 Å². The summed E-state index contributed by atoms with van der Waals surface area (Å²) in [6, 6.07) is 18.6. The molecule has 0 spiro atoms. The van der Waals surface area contributed by atoms with Crippen molar-refractivity contribution in [2.75, 3.05) is 16.2 Å². The predicted octanol–water partition coefficient (Wildman–Crippen LogP) is 5.10. The summed E-state index contributed by atoms with van der Waals surface area (Å²) in [5, 5.41) is 3.30. The molecule has 1 amide bonds. The number of anilines is 2. The van der Waals surface area contributed by atoms with E-state index in [4.69, 9.17) is 11.6 Å². The van der Waals surface area contributed by atoms with Crippen LogP contribution in [0.15, 0.2) is 71.6 Å². The van der Waals surface area contributed by atoms with Gasteiger partial charge in [-0.2, -0.15) is 0 Å². The van der Waals surface area contributed by atoms with Crippen LogP contribution in [0.4, 0.5) is 11.4 Å². The molecule has 0 aliphatic rings. The van der Waals surface area contributed by atoms with Crippen LogP contribution in [0.3, 0.4) is 0 Å². The quantitative estimate of drug-likeness (QED) is 0.577. The fraction of sp³-hybridized carbons (Fsp3) is 0.174. The van der Waals surface area contributed by atoms with Gasteiger partial charge in [0, 0.05) is 10.7 Å². The lowest BCUT2D eigenvalue weighted by molar-refractivity contribution is -0.114. The number of rotatable bonds is 6. The van der Waals surface area contributed by atoms with Gasteiger partial charge in [0.25, 0.3) is 10.0 Å². The van der Waals surface area contributed by atoms with Crippen molar-refractivity contribution in [3.8, 4) is 0 Å². The van der Waals surface area contributed by atoms with E-state index in [0.29, 0.717) is 16.4 Å². The van der Waals surface area contributed by atoms with Gasteiger partial charge in [-0.1, -0.05) is 41.9 Å². The topological polar surface area (TPSA) is 66.5 Å². The lowest BCUT2D eigenvalue weighted by Crippen LogP contribution is -2.38. The number of nitrogens with one attached hydrogen (secondary N) is 1. The Morgan fingerprint density at radius 2 is 1.63 bits per heavy atom. The first-order chi connectivity index (χ1) is 14.2. The van der Waals surface area contributed by atoms with Gasteiger partial charge in [0.2, 0.25) is 5.91 Å². The Balaban J connectivity index is 1.98. The van der Waals surface area contributed by atoms with Crippen LogP contribution in [0.2, 0.25) is 5.02 Å². The zero-order valence-corrected chi connectivity index (χ0v) is 18.6. The number of carbonyl (C=O) groups is 1. The first-order valence-electron chi connectivity index (χ1n) is 9.40. The summed E-state index contributed by atoms with van der Waals surface area (Å²) in [4.78, 5) is 12.9. The maximum Gasteiger partial charge on any atom is 0.264 e. The van der Waals surface area contributed by atoms with E-state index in [1.165, 1.54) is 12.1 Å². The molecule has 30 heavy (non-hydrogen) atoms. The lowest BCUT2D eigenvalue weighted by Gasteiger charge is -2.25. The summed E-state index contributed by atoms with van der Waals surface area (Å²) < 4.78 is 27.9. The highest BCUT2D eigenvalue weighted by Crippen LogP contribution is 2.27. The third-order valence-corrected chi connectivity index (χ3v) is 7.14. The molecule has 0 aliphatic heterocycles. The Labute approximate surface area is 182 Å². The van der Waals surface area contributed by atoms with Gasteiger partial charge in [-0.05, 0) is 73.9 Å². The Kier molecular flexibility index (Phi) is 6.48. The molecule has 3 rings (SSSR count). The predicted molar refractivity (Wildman–Crippen MR) is 122 cm³/mol. The molecular formula is C23H23ClN2O3S. The molecule has 0 atom stereocenters. The van der Waals surface area contributed by atoms with Gasteiger partial charge in [-0.15, -0.1) is 0 Å². The third kappa shape index (κ3) is 4.66. The van der Waals surface area contributed by atoms with Crippen LogP contribution in [0.5, 0.6) is 0 Å². The second-order valence-electron chi connectivity index (χ2n) is 7.05. The number of hydrogen-bond acceptors (Lipinski definition) is 3. The van der Waals surface area contributed by atoms with Crippen LogP contribution >= 0.6 is 11.6 Å². The normalized spacial score (nSPS) is 11.2. The molecule has 0 saturated heterocycles. The largest absolute Gasteiger partial charge is 0.324 e. The monoisotopic (exact) mass is 442 g/mol. The molecule has 7 heteroatoms. The molecule has 0 bridgehead atoms. The minimum Gasteiger partial charge on any atom is -0.324 e. The van der Waals surface area contributed by atoms with Gasteiger partial charge < -0.3 is 5.32 Å². The average molecular weight is 443 g/mol. The average Bonchev–Trinajstić information content (AvgIpc) is 2.72. The van der Waals surface area contributed by atoms with Crippen LogP contribution in [0.25, 0.3) is 0 Å². The molecule has 3 aromatic rings. The fourth-order valence-electron chi connectivity index (χ4n) is 2.98. The summed E-state index contributed by atoms with van der Waals surface area (Å²) in [5.41, 5.74) is 3.67. The molecule has 5 nitrogen and oxygen atoms in total. The Hall–Kier alpha value is -2.83. The van der Waals surface area contributed by atoms with Crippen LogP contribution in [-0.4, -0.2) is 20.9 Å². The number of aryl methyl sites for hydroxylation is 2. The highest BCUT2D eigenvalue weighted by molar-refractivity contribution is 7.92. The highest BCUT2D eigenvalue weighted by atomic mass is 35.5. The molecule has 1 N–H and O–H groups in total. The van der Waals surface area contributed by atoms with Crippen molar-refractivity contribution >= 4 is 38.9 Å². The van der Waals surface area contributed by atoms with E-state index in [-0.39, 0.29) is 11.4 Å². The third-order valence-electron chi connectivity index (χ3n) is 4.94. The number of benzene rings is 3. The molecule has 0 unspecified atom stereocenters. The molecule has 0 aromatic heterocycles. The highest BCUT2D eigenvalue weighted by Gasteiger charge is 2.27. The van der Waals surface area contributed by atoms with Crippen molar-refractivity contribution in [1.82, 2.24) is 0 Å². The van der Waals surface area contributed by atoms with Gasteiger partial charge in [-0.25, -0.2) is 8.42 Å². The van der Waals surface area contributed by atoms with Gasteiger partial charge in [0.05, 0.1) is 10.6 Å². The summed E-state index contributed by atoms with van der Waals surface area (Å²) in [5.74, 6) is -0.460. The summed E-state index contributed by atoms with van der Waals surface area (Å²) in [6.45, 7) is 5.27. The maximum absolute atomic E-state index is 13.4. The number of amides is 1. The molecule has 156 valence electrons. The fourth-order valence-corrected chi connectivity index (χ4v) is 4.59. The number of sulfonamides is 1. The van der Waals surface area contributed by atoms with E-state index in [2.05, 4.69) is 5.32 Å².